The average Bonchev–Trinajstić information content (AvgIpc) is 3.31. The first kappa shape index (κ1) is 19.5. The largest absolute Gasteiger partial charge is 0.456 e. The molecule has 0 atom stereocenters. The molecule has 2 nitrogen and oxygen atoms in total. The smallest absolute Gasteiger partial charge is 0.135 e. The van der Waals surface area contributed by atoms with Gasteiger partial charge in [0.05, 0.1) is 0 Å². The van der Waals surface area contributed by atoms with Crippen LogP contribution < -0.4 is 4.74 Å². The van der Waals surface area contributed by atoms with Crippen LogP contribution in [0.15, 0.2) is 126 Å². The topological polar surface area (TPSA) is 22.4 Å². The molecule has 2 heterocycles. The minimum Gasteiger partial charge on any atom is -0.456 e. The summed E-state index contributed by atoms with van der Waals surface area (Å²) in [7, 11) is 0. The van der Waals surface area contributed by atoms with Gasteiger partial charge in [-0.1, -0.05) is 78.9 Å². The molecule has 0 bridgehead atoms. The van der Waals surface area contributed by atoms with Gasteiger partial charge in [-0.15, -0.1) is 0 Å². The highest BCUT2D eigenvalue weighted by molar-refractivity contribution is 6.08. The van der Waals surface area contributed by atoms with Crippen molar-refractivity contribution in [3.05, 3.63) is 121 Å². The van der Waals surface area contributed by atoms with Crippen LogP contribution in [-0.2, 0) is 0 Å². The predicted octanol–water partition coefficient (Wildman–Crippen LogP) is 9.85. The Morgan fingerprint density at radius 3 is 2.06 bits per heavy atom. The SMILES string of the molecule is c1ccc2c(c1)Oc1cccc3cc(-c4ccccc4-c4ccc5oc6ccccc6c5c4)cc-2c13. The van der Waals surface area contributed by atoms with Gasteiger partial charge < -0.3 is 9.15 Å². The Morgan fingerprint density at radius 1 is 0.417 bits per heavy atom. The summed E-state index contributed by atoms with van der Waals surface area (Å²) in [6.07, 6.45) is 0. The Labute approximate surface area is 208 Å². The monoisotopic (exact) mass is 460 g/mol. The van der Waals surface area contributed by atoms with Crippen molar-refractivity contribution in [2.75, 3.05) is 0 Å². The van der Waals surface area contributed by atoms with Gasteiger partial charge in [0, 0.05) is 21.7 Å². The standard InChI is InChI=1S/C34H20O2/c1-2-10-25(24(9-1)21-16-17-32-28(19-21)26-11-3-5-13-30(26)35-32)23-18-22-8-7-15-33-34(22)29(20-23)27-12-4-6-14-31(27)36-33/h1-20H. The lowest BCUT2D eigenvalue weighted by Crippen LogP contribution is -1.97. The fourth-order valence-corrected chi connectivity index (χ4v) is 5.62. The Kier molecular flexibility index (Phi) is 3.97. The molecule has 1 aliphatic rings. The second kappa shape index (κ2) is 7.34. The molecule has 7 aromatic rings. The van der Waals surface area contributed by atoms with E-state index in [9.17, 15) is 0 Å². The number of rotatable bonds is 2. The van der Waals surface area contributed by atoms with Crippen molar-refractivity contribution in [2.24, 2.45) is 0 Å². The zero-order valence-electron chi connectivity index (χ0n) is 19.4. The van der Waals surface area contributed by atoms with Crippen molar-refractivity contribution in [2.45, 2.75) is 0 Å². The third-order valence-corrected chi connectivity index (χ3v) is 7.26. The fourth-order valence-electron chi connectivity index (χ4n) is 5.62. The lowest BCUT2D eigenvalue weighted by molar-refractivity contribution is 0.487. The first-order chi connectivity index (χ1) is 17.8. The Balaban J connectivity index is 1.37. The van der Waals surface area contributed by atoms with Crippen LogP contribution in [0.2, 0.25) is 0 Å². The molecule has 1 aliphatic heterocycles. The number of fused-ring (bicyclic) bond motifs is 5. The molecule has 8 rings (SSSR count). The molecular weight excluding hydrogens is 440 g/mol. The highest BCUT2D eigenvalue weighted by atomic mass is 16.5. The lowest BCUT2D eigenvalue weighted by atomic mass is 9.88. The molecule has 36 heavy (non-hydrogen) atoms. The molecule has 0 spiro atoms. The van der Waals surface area contributed by atoms with E-state index in [1.54, 1.807) is 0 Å². The van der Waals surface area contributed by atoms with Gasteiger partial charge in [0.15, 0.2) is 0 Å². The molecule has 0 saturated heterocycles. The van der Waals surface area contributed by atoms with E-state index in [1.165, 1.54) is 38.6 Å². The third kappa shape index (κ3) is 2.79. The normalized spacial score (nSPS) is 12.1. The number of ether oxygens (including phenoxy) is 1. The van der Waals surface area contributed by atoms with E-state index in [0.717, 1.165) is 39.0 Å². The number of para-hydroxylation sites is 2. The summed E-state index contributed by atoms with van der Waals surface area (Å²) < 4.78 is 12.3. The van der Waals surface area contributed by atoms with E-state index in [1.807, 2.05) is 24.3 Å². The summed E-state index contributed by atoms with van der Waals surface area (Å²) in [5, 5.41) is 4.64. The molecule has 0 N–H and O–H groups in total. The zero-order chi connectivity index (χ0) is 23.6. The first-order valence-corrected chi connectivity index (χ1v) is 12.2. The van der Waals surface area contributed by atoms with E-state index in [4.69, 9.17) is 9.15 Å². The fraction of sp³-hybridized carbons (Fsp3) is 0. The van der Waals surface area contributed by atoms with Crippen LogP contribution in [0.1, 0.15) is 0 Å². The maximum Gasteiger partial charge on any atom is 0.135 e. The van der Waals surface area contributed by atoms with Crippen LogP contribution in [0.5, 0.6) is 11.5 Å². The van der Waals surface area contributed by atoms with Gasteiger partial charge in [-0.25, -0.2) is 0 Å². The highest BCUT2D eigenvalue weighted by Gasteiger charge is 2.21. The van der Waals surface area contributed by atoms with E-state index in [2.05, 4.69) is 97.1 Å². The maximum atomic E-state index is 6.25. The minimum atomic E-state index is 0.903. The summed E-state index contributed by atoms with van der Waals surface area (Å²) >= 11 is 0. The second-order valence-corrected chi connectivity index (χ2v) is 9.33. The molecule has 0 radical (unpaired) electrons. The van der Waals surface area contributed by atoms with Gasteiger partial charge in [0.2, 0.25) is 0 Å². The Bertz CT molecular complexity index is 1980. The second-order valence-electron chi connectivity index (χ2n) is 9.33. The summed E-state index contributed by atoms with van der Waals surface area (Å²) in [6, 6.07) is 42.6. The van der Waals surface area contributed by atoms with Crippen molar-refractivity contribution >= 4 is 32.7 Å². The van der Waals surface area contributed by atoms with Gasteiger partial charge in [0.25, 0.3) is 0 Å². The van der Waals surface area contributed by atoms with E-state index >= 15 is 0 Å². The molecule has 6 aromatic carbocycles. The number of hydrogen-bond donors (Lipinski definition) is 0. The average molecular weight is 461 g/mol. The molecule has 0 saturated carbocycles. The molecule has 2 heteroatoms. The van der Waals surface area contributed by atoms with Crippen molar-refractivity contribution in [1.82, 2.24) is 0 Å². The van der Waals surface area contributed by atoms with Crippen LogP contribution in [0, 0.1) is 0 Å². The quantitative estimate of drug-likeness (QED) is 0.256. The van der Waals surface area contributed by atoms with Crippen LogP contribution in [0.25, 0.3) is 66.1 Å². The van der Waals surface area contributed by atoms with Crippen LogP contribution >= 0.6 is 0 Å². The van der Waals surface area contributed by atoms with Crippen molar-refractivity contribution in [3.8, 4) is 44.9 Å². The lowest BCUT2D eigenvalue weighted by Gasteiger charge is -2.22. The first-order valence-electron chi connectivity index (χ1n) is 12.2. The molecular formula is C34H20O2. The Morgan fingerprint density at radius 2 is 1.14 bits per heavy atom. The maximum absolute atomic E-state index is 6.25. The number of benzene rings is 6. The molecule has 0 amide bonds. The van der Waals surface area contributed by atoms with Crippen molar-refractivity contribution < 1.29 is 9.15 Å². The van der Waals surface area contributed by atoms with Crippen LogP contribution in [0.3, 0.4) is 0 Å². The van der Waals surface area contributed by atoms with Gasteiger partial charge in [-0.2, -0.15) is 0 Å². The van der Waals surface area contributed by atoms with Gasteiger partial charge >= 0.3 is 0 Å². The third-order valence-electron chi connectivity index (χ3n) is 7.26. The highest BCUT2D eigenvalue weighted by Crippen LogP contribution is 2.48. The molecule has 0 fully saturated rings. The molecule has 0 unspecified atom stereocenters. The molecule has 0 aliphatic carbocycles. The van der Waals surface area contributed by atoms with Crippen LogP contribution in [0.4, 0.5) is 0 Å². The summed E-state index contributed by atoms with van der Waals surface area (Å²) in [5.41, 5.74) is 8.96. The summed E-state index contributed by atoms with van der Waals surface area (Å²) in [6.45, 7) is 0. The van der Waals surface area contributed by atoms with Gasteiger partial charge in [-0.3, -0.25) is 0 Å². The van der Waals surface area contributed by atoms with Gasteiger partial charge in [-0.05, 0) is 75.7 Å². The van der Waals surface area contributed by atoms with Crippen molar-refractivity contribution in [3.63, 3.8) is 0 Å². The molecule has 168 valence electrons. The van der Waals surface area contributed by atoms with E-state index in [0.29, 0.717) is 0 Å². The minimum absolute atomic E-state index is 0.903. The number of furan rings is 1. The summed E-state index contributed by atoms with van der Waals surface area (Å²) in [5.74, 6) is 1.82. The van der Waals surface area contributed by atoms with Crippen LogP contribution in [-0.4, -0.2) is 0 Å². The molecule has 1 aromatic heterocycles. The predicted molar refractivity (Wildman–Crippen MR) is 148 cm³/mol. The summed E-state index contributed by atoms with van der Waals surface area (Å²) in [4.78, 5) is 0. The van der Waals surface area contributed by atoms with Crippen molar-refractivity contribution in [1.29, 1.82) is 0 Å². The van der Waals surface area contributed by atoms with E-state index < -0.39 is 0 Å². The zero-order valence-corrected chi connectivity index (χ0v) is 19.4. The number of hydrogen-bond acceptors (Lipinski definition) is 2. The Hall–Kier alpha value is -4.82. The van der Waals surface area contributed by atoms with Gasteiger partial charge in [0.1, 0.15) is 22.7 Å². The van der Waals surface area contributed by atoms with E-state index in [-0.39, 0.29) is 0 Å².